The lowest BCUT2D eigenvalue weighted by Gasteiger charge is -2.12. The normalized spacial score (nSPS) is 12.4. The smallest absolute Gasteiger partial charge is 0.305 e. The van der Waals surface area contributed by atoms with E-state index in [1.54, 1.807) is 6.08 Å². The molecule has 0 saturated heterocycles. The van der Waals surface area contributed by atoms with E-state index in [9.17, 15) is 19.5 Å². The molecule has 0 amide bonds. The van der Waals surface area contributed by atoms with E-state index in [4.69, 9.17) is 9.47 Å². The maximum absolute atomic E-state index is 11.9. The zero-order chi connectivity index (χ0) is 33.2. The van der Waals surface area contributed by atoms with E-state index in [0.717, 1.165) is 63.7 Å². The molecule has 0 aliphatic carbocycles. The van der Waals surface area contributed by atoms with Crippen LogP contribution in [0.25, 0.3) is 0 Å². The summed E-state index contributed by atoms with van der Waals surface area (Å²) in [5.41, 5.74) is 0. The van der Waals surface area contributed by atoms with Crippen molar-refractivity contribution in [2.75, 3.05) is 13.2 Å². The van der Waals surface area contributed by atoms with Crippen LogP contribution < -0.4 is 0 Å². The lowest BCUT2D eigenvalue weighted by molar-refractivity contribution is -0.152. The second kappa shape index (κ2) is 33.4. The second-order valence-corrected chi connectivity index (χ2v) is 13.2. The van der Waals surface area contributed by atoms with Crippen molar-refractivity contribution in [2.24, 2.45) is 5.92 Å². The van der Waals surface area contributed by atoms with Gasteiger partial charge in [-0.2, -0.15) is 0 Å². The van der Waals surface area contributed by atoms with Gasteiger partial charge in [0.05, 0.1) is 0 Å². The molecule has 0 unspecified atom stereocenters. The first-order valence-electron chi connectivity index (χ1n) is 18.7. The van der Waals surface area contributed by atoms with E-state index in [-0.39, 0.29) is 30.9 Å². The highest BCUT2D eigenvalue weighted by atomic mass is 16.6. The Morgan fingerprint density at radius 3 is 1.49 bits per heavy atom. The molecule has 0 aliphatic rings. The first-order valence-corrected chi connectivity index (χ1v) is 18.7. The molecule has 0 aromatic rings. The third kappa shape index (κ3) is 34.8. The maximum atomic E-state index is 11.9. The average molecular weight is 635 g/mol. The lowest BCUT2D eigenvalue weighted by atomic mass is 10.0. The summed E-state index contributed by atoms with van der Waals surface area (Å²) >= 11 is 0. The second-order valence-electron chi connectivity index (χ2n) is 13.2. The largest absolute Gasteiger partial charge is 0.463 e. The van der Waals surface area contributed by atoms with Crippen LogP contribution in [0.4, 0.5) is 0 Å². The van der Waals surface area contributed by atoms with Gasteiger partial charge in [0.2, 0.25) is 0 Å². The van der Waals surface area contributed by atoms with E-state index in [1.165, 1.54) is 83.5 Å². The zero-order valence-corrected chi connectivity index (χ0v) is 29.5. The van der Waals surface area contributed by atoms with Crippen LogP contribution in [0.1, 0.15) is 181 Å². The number of aliphatic hydroxyl groups excluding tert-OH is 1. The quantitative estimate of drug-likeness (QED) is 0.0334. The van der Waals surface area contributed by atoms with E-state index in [2.05, 4.69) is 26.8 Å². The maximum Gasteiger partial charge on any atom is 0.305 e. The number of unbranched alkanes of at least 4 members (excludes halogenated alkanes) is 18. The first-order chi connectivity index (χ1) is 21.8. The fraction of sp³-hybridized carbons (Fsp3) is 0.821. The number of ketones is 1. The van der Waals surface area contributed by atoms with Gasteiger partial charge < -0.3 is 14.6 Å². The van der Waals surface area contributed by atoms with Gasteiger partial charge in [-0.1, -0.05) is 148 Å². The molecule has 0 spiro atoms. The Labute approximate surface area is 277 Å². The van der Waals surface area contributed by atoms with E-state index in [1.807, 2.05) is 12.2 Å². The number of esters is 2. The molecule has 6 nitrogen and oxygen atoms in total. The van der Waals surface area contributed by atoms with Gasteiger partial charge in [0.25, 0.3) is 0 Å². The lowest BCUT2D eigenvalue weighted by Crippen LogP contribution is -2.25. The molecule has 0 bridgehead atoms. The van der Waals surface area contributed by atoms with Crippen molar-refractivity contribution in [1.82, 2.24) is 0 Å². The number of hydrogen-bond donors (Lipinski definition) is 1. The molecule has 0 aliphatic heterocycles. The Bertz CT molecular complexity index is 757. The molecule has 0 aromatic heterocycles. The van der Waals surface area contributed by atoms with E-state index >= 15 is 0 Å². The highest BCUT2D eigenvalue weighted by molar-refractivity contribution is 5.89. The first kappa shape index (κ1) is 43.0. The summed E-state index contributed by atoms with van der Waals surface area (Å²) in [6.07, 6.45) is 33.3. The van der Waals surface area contributed by atoms with Crippen LogP contribution >= 0.6 is 0 Å². The summed E-state index contributed by atoms with van der Waals surface area (Å²) in [5, 5.41) is 9.99. The summed E-state index contributed by atoms with van der Waals surface area (Å²) in [6.45, 7) is 6.49. The monoisotopic (exact) mass is 635 g/mol. The molecule has 0 fully saturated rings. The number of ether oxygens (including phenoxy) is 2. The van der Waals surface area contributed by atoms with Crippen molar-refractivity contribution >= 4 is 17.7 Å². The molecule has 262 valence electrons. The minimum Gasteiger partial charge on any atom is -0.463 e. The molecule has 0 aromatic carbocycles. The van der Waals surface area contributed by atoms with Crippen LogP contribution in [0, 0.1) is 5.92 Å². The van der Waals surface area contributed by atoms with E-state index in [0.29, 0.717) is 19.3 Å². The standard InChI is InChI=1S/C39H70O6/c1-4-5-6-7-14-19-24-29-36(40)30-25-20-17-22-27-32-39(43)45-34-37(41)33-44-38(42)31-26-21-16-13-11-9-8-10-12-15-18-23-28-35(2)3/h14,19,24,29,35,37,41H,4-13,15-18,20-23,25-28,30-34H2,1-3H3/b19-14-,29-24+/t37-/m1/s1. The van der Waals surface area contributed by atoms with Crippen molar-refractivity contribution in [3.63, 3.8) is 0 Å². The Morgan fingerprint density at radius 1 is 0.578 bits per heavy atom. The van der Waals surface area contributed by atoms with Crippen molar-refractivity contribution in [3.05, 3.63) is 24.3 Å². The topological polar surface area (TPSA) is 89.9 Å². The molecule has 0 saturated carbocycles. The Hall–Kier alpha value is -1.95. The van der Waals surface area contributed by atoms with Crippen molar-refractivity contribution in [2.45, 2.75) is 187 Å². The SMILES string of the molecule is CCCCC/C=C\C=C\C(=O)CCCCCCCC(=O)OC[C@H](O)COC(=O)CCCCCCCCCCCCCCC(C)C. The Kier molecular flexibility index (Phi) is 32.0. The third-order valence-electron chi connectivity index (χ3n) is 8.09. The van der Waals surface area contributed by atoms with Gasteiger partial charge in [0.15, 0.2) is 5.78 Å². The molecular formula is C39H70O6. The van der Waals surface area contributed by atoms with Gasteiger partial charge in [-0.05, 0) is 44.1 Å². The highest BCUT2D eigenvalue weighted by Gasteiger charge is 2.12. The van der Waals surface area contributed by atoms with Gasteiger partial charge in [0.1, 0.15) is 19.3 Å². The summed E-state index contributed by atoms with van der Waals surface area (Å²) < 4.78 is 10.3. The van der Waals surface area contributed by atoms with Gasteiger partial charge >= 0.3 is 11.9 Å². The number of aliphatic hydroxyl groups is 1. The molecule has 0 rings (SSSR count). The predicted molar refractivity (Wildman–Crippen MR) is 187 cm³/mol. The number of carbonyl (C=O) groups is 3. The van der Waals surface area contributed by atoms with Crippen LogP contribution in [-0.2, 0) is 23.9 Å². The molecular weight excluding hydrogens is 564 g/mol. The van der Waals surface area contributed by atoms with E-state index < -0.39 is 6.10 Å². The molecule has 6 heteroatoms. The molecule has 0 heterocycles. The van der Waals surface area contributed by atoms with Crippen LogP contribution in [0.15, 0.2) is 24.3 Å². The number of allylic oxidation sites excluding steroid dienone is 4. The van der Waals surface area contributed by atoms with Crippen LogP contribution in [0.5, 0.6) is 0 Å². The minimum atomic E-state index is -0.999. The fourth-order valence-corrected chi connectivity index (χ4v) is 5.19. The summed E-state index contributed by atoms with van der Waals surface area (Å²) in [6, 6.07) is 0. The van der Waals surface area contributed by atoms with Crippen LogP contribution in [0.2, 0.25) is 0 Å². The zero-order valence-electron chi connectivity index (χ0n) is 29.5. The number of hydrogen-bond acceptors (Lipinski definition) is 6. The predicted octanol–water partition coefficient (Wildman–Crippen LogP) is 10.5. The highest BCUT2D eigenvalue weighted by Crippen LogP contribution is 2.15. The van der Waals surface area contributed by atoms with Crippen molar-refractivity contribution < 1.29 is 29.0 Å². The summed E-state index contributed by atoms with van der Waals surface area (Å²) in [4.78, 5) is 35.8. The summed E-state index contributed by atoms with van der Waals surface area (Å²) in [7, 11) is 0. The van der Waals surface area contributed by atoms with Gasteiger partial charge in [-0.25, -0.2) is 0 Å². The fourth-order valence-electron chi connectivity index (χ4n) is 5.19. The number of rotatable bonds is 33. The number of carbonyl (C=O) groups excluding carboxylic acids is 3. The molecule has 0 radical (unpaired) electrons. The van der Waals surface area contributed by atoms with Crippen molar-refractivity contribution in [1.29, 1.82) is 0 Å². The Morgan fingerprint density at radius 2 is 1.02 bits per heavy atom. The average Bonchev–Trinajstić information content (AvgIpc) is 3.01. The van der Waals surface area contributed by atoms with Crippen LogP contribution in [0.3, 0.4) is 0 Å². The van der Waals surface area contributed by atoms with Gasteiger partial charge in [-0.3, -0.25) is 14.4 Å². The van der Waals surface area contributed by atoms with Crippen molar-refractivity contribution in [3.8, 4) is 0 Å². The van der Waals surface area contributed by atoms with Gasteiger partial charge in [-0.15, -0.1) is 0 Å². The molecule has 1 N–H and O–H groups in total. The Balaban J connectivity index is 3.52. The third-order valence-corrected chi connectivity index (χ3v) is 8.09. The van der Waals surface area contributed by atoms with Gasteiger partial charge in [0, 0.05) is 19.3 Å². The summed E-state index contributed by atoms with van der Waals surface area (Å²) in [5.74, 6) is 0.341. The van der Waals surface area contributed by atoms with Crippen LogP contribution in [-0.4, -0.2) is 42.1 Å². The molecule has 45 heavy (non-hydrogen) atoms. The molecule has 1 atom stereocenters. The minimum absolute atomic E-state index is 0.146.